The van der Waals surface area contributed by atoms with Crippen molar-refractivity contribution < 1.29 is 0 Å². The van der Waals surface area contributed by atoms with Crippen molar-refractivity contribution in [2.45, 2.75) is 44.6 Å². The van der Waals surface area contributed by atoms with Gasteiger partial charge in [0.05, 0.1) is 0 Å². The number of hydrogen-bond acceptors (Lipinski definition) is 1. The highest BCUT2D eigenvalue weighted by molar-refractivity contribution is 14.1. The maximum Gasteiger partial charge on any atom is 0.0320 e. The van der Waals surface area contributed by atoms with Crippen molar-refractivity contribution in [2.75, 3.05) is 7.05 Å². The summed E-state index contributed by atoms with van der Waals surface area (Å²) >= 11 is 2.37. The van der Waals surface area contributed by atoms with E-state index in [0.29, 0.717) is 6.04 Å². The van der Waals surface area contributed by atoms with Gasteiger partial charge >= 0.3 is 0 Å². The van der Waals surface area contributed by atoms with Crippen molar-refractivity contribution in [1.82, 2.24) is 5.32 Å². The molecule has 0 spiro atoms. The first-order chi connectivity index (χ1) is 8.29. The number of nitrogens with one attached hydrogen (secondary N) is 1. The number of benzene rings is 1. The normalized spacial score (nSPS) is 19.2. The molecule has 0 saturated heterocycles. The zero-order valence-electron chi connectivity index (χ0n) is 10.6. The average Bonchev–Trinajstić information content (AvgIpc) is 2.38. The highest BCUT2D eigenvalue weighted by Crippen LogP contribution is 2.31. The smallest absolute Gasteiger partial charge is 0.0320 e. The maximum atomic E-state index is 3.48. The number of hydrogen-bond donors (Lipinski definition) is 1. The second-order valence-corrected chi connectivity index (χ2v) is 6.38. The second-order valence-electron chi connectivity index (χ2n) is 5.13. The molecule has 2 heteroatoms. The lowest BCUT2D eigenvalue weighted by Crippen LogP contribution is -2.21. The SMILES string of the molecule is CNC(CC1CCCCC1)c1ccc(I)cc1. The predicted molar refractivity (Wildman–Crippen MR) is 82.2 cm³/mol. The van der Waals surface area contributed by atoms with E-state index >= 15 is 0 Å². The molecule has 0 aliphatic heterocycles. The third-order valence-electron chi connectivity index (χ3n) is 3.91. The third-order valence-corrected chi connectivity index (χ3v) is 4.63. The maximum absolute atomic E-state index is 3.48. The Morgan fingerprint density at radius 3 is 2.41 bits per heavy atom. The van der Waals surface area contributed by atoms with Crippen molar-refractivity contribution >= 4 is 22.6 Å². The molecule has 0 bridgehead atoms. The van der Waals surface area contributed by atoms with Crippen molar-refractivity contribution in [2.24, 2.45) is 5.92 Å². The Morgan fingerprint density at radius 1 is 1.18 bits per heavy atom. The van der Waals surface area contributed by atoms with Gasteiger partial charge in [0.25, 0.3) is 0 Å². The molecule has 1 nitrogen and oxygen atoms in total. The van der Waals surface area contributed by atoms with Crippen LogP contribution in [0, 0.1) is 9.49 Å². The Balaban J connectivity index is 1.97. The molecule has 1 atom stereocenters. The lowest BCUT2D eigenvalue weighted by Gasteiger charge is -2.26. The van der Waals surface area contributed by atoms with Gasteiger partial charge in [0.1, 0.15) is 0 Å². The van der Waals surface area contributed by atoms with E-state index in [1.807, 2.05) is 0 Å². The van der Waals surface area contributed by atoms with Gasteiger partial charge in [-0.25, -0.2) is 0 Å². The molecule has 0 heterocycles. The minimum atomic E-state index is 0.537. The molecule has 94 valence electrons. The van der Waals surface area contributed by atoms with Crippen LogP contribution < -0.4 is 5.32 Å². The summed E-state index contributed by atoms with van der Waals surface area (Å²) in [6, 6.07) is 9.50. The van der Waals surface area contributed by atoms with Crippen LogP contribution in [0.4, 0.5) is 0 Å². The van der Waals surface area contributed by atoms with Crippen LogP contribution in [0.5, 0.6) is 0 Å². The summed E-state index contributed by atoms with van der Waals surface area (Å²) in [5.74, 6) is 0.931. The summed E-state index contributed by atoms with van der Waals surface area (Å²) in [6.07, 6.45) is 8.49. The Morgan fingerprint density at radius 2 is 1.82 bits per heavy atom. The van der Waals surface area contributed by atoms with Crippen LogP contribution in [0.2, 0.25) is 0 Å². The molecule has 1 aliphatic carbocycles. The van der Waals surface area contributed by atoms with E-state index in [-0.39, 0.29) is 0 Å². The molecule has 0 amide bonds. The van der Waals surface area contributed by atoms with Gasteiger partial charge in [0.2, 0.25) is 0 Å². The van der Waals surface area contributed by atoms with Crippen molar-refractivity contribution in [1.29, 1.82) is 0 Å². The topological polar surface area (TPSA) is 12.0 Å². The molecule has 1 saturated carbocycles. The zero-order chi connectivity index (χ0) is 12.1. The molecule has 17 heavy (non-hydrogen) atoms. The molecule has 1 aromatic carbocycles. The molecule has 1 aliphatic rings. The number of halogens is 1. The van der Waals surface area contributed by atoms with Crippen LogP contribution in [0.15, 0.2) is 24.3 Å². The molecule has 1 unspecified atom stereocenters. The fourth-order valence-corrected chi connectivity index (χ4v) is 3.23. The Hall–Kier alpha value is -0.0900. The fourth-order valence-electron chi connectivity index (χ4n) is 2.87. The lowest BCUT2D eigenvalue weighted by atomic mass is 9.83. The monoisotopic (exact) mass is 343 g/mol. The van der Waals surface area contributed by atoms with Gasteiger partial charge in [0, 0.05) is 9.61 Å². The van der Waals surface area contributed by atoms with Gasteiger partial charge in [-0.3, -0.25) is 0 Å². The first-order valence-electron chi connectivity index (χ1n) is 6.72. The van der Waals surface area contributed by atoms with Crippen molar-refractivity contribution in [3.63, 3.8) is 0 Å². The Labute approximate surface area is 119 Å². The summed E-state index contributed by atoms with van der Waals surface area (Å²) < 4.78 is 1.32. The van der Waals surface area contributed by atoms with E-state index in [0.717, 1.165) is 5.92 Å². The third kappa shape index (κ3) is 3.95. The molecule has 0 aromatic heterocycles. The van der Waals surface area contributed by atoms with E-state index < -0.39 is 0 Å². The second kappa shape index (κ2) is 6.74. The van der Waals surface area contributed by atoms with Crippen LogP contribution >= 0.6 is 22.6 Å². The van der Waals surface area contributed by atoms with Crippen molar-refractivity contribution in [3.05, 3.63) is 33.4 Å². The quantitative estimate of drug-likeness (QED) is 0.793. The van der Waals surface area contributed by atoms with E-state index in [4.69, 9.17) is 0 Å². The van der Waals surface area contributed by atoms with Crippen LogP contribution in [0.1, 0.15) is 50.1 Å². The van der Waals surface area contributed by atoms with Crippen LogP contribution in [-0.2, 0) is 0 Å². The predicted octanol–water partition coefficient (Wildman–Crippen LogP) is 4.52. The van der Waals surface area contributed by atoms with Crippen LogP contribution in [0.3, 0.4) is 0 Å². The fraction of sp³-hybridized carbons (Fsp3) is 0.600. The molecule has 1 N–H and O–H groups in total. The van der Waals surface area contributed by atoms with Crippen LogP contribution in [-0.4, -0.2) is 7.05 Å². The lowest BCUT2D eigenvalue weighted by molar-refractivity contribution is 0.306. The minimum absolute atomic E-state index is 0.537. The summed E-state index contributed by atoms with van der Waals surface area (Å²) in [4.78, 5) is 0. The van der Waals surface area contributed by atoms with E-state index in [1.165, 1.54) is 47.7 Å². The standard InChI is InChI=1S/C15H22IN/c1-17-15(11-12-5-3-2-4-6-12)13-7-9-14(16)10-8-13/h7-10,12,15,17H,2-6,11H2,1H3. The molecule has 2 rings (SSSR count). The summed E-state index contributed by atoms with van der Waals surface area (Å²) in [6.45, 7) is 0. The van der Waals surface area contributed by atoms with E-state index in [9.17, 15) is 0 Å². The van der Waals surface area contributed by atoms with Gasteiger partial charge in [0.15, 0.2) is 0 Å². The first kappa shape index (κ1) is 13.3. The van der Waals surface area contributed by atoms with E-state index in [1.54, 1.807) is 0 Å². The molecule has 0 radical (unpaired) electrons. The first-order valence-corrected chi connectivity index (χ1v) is 7.80. The molecule has 1 aromatic rings. The van der Waals surface area contributed by atoms with Gasteiger partial charge < -0.3 is 5.32 Å². The summed E-state index contributed by atoms with van der Waals surface area (Å²) in [5, 5.41) is 3.48. The molecule has 1 fully saturated rings. The number of rotatable bonds is 4. The van der Waals surface area contributed by atoms with Gasteiger partial charge in [-0.2, -0.15) is 0 Å². The van der Waals surface area contributed by atoms with Crippen molar-refractivity contribution in [3.8, 4) is 0 Å². The summed E-state index contributed by atoms with van der Waals surface area (Å²) in [7, 11) is 2.09. The zero-order valence-corrected chi connectivity index (χ0v) is 12.7. The Kier molecular flexibility index (Phi) is 5.29. The van der Waals surface area contributed by atoms with Gasteiger partial charge in [-0.05, 0) is 59.7 Å². The minimum Gasteiger partial charge on any atom is -0.313 e. The largest absolute Gasteiger partial charge is 0.313 e. The Bertz CT molecular complexity index is 327. The summed E-state index contributed by atoms with van der Waals surface area (Å²) in [5.41, 5.74) is 1.44. The molecular formula is C15H22IN. The van der Waals surface area contributed by atoms with Gasteiger partial charge in [-0.15, -0.1) is 0 Å². The molecular weight excluding hydrogens is 321 g/mol. The van der Waals surface area contributed by atoms with Crippen LogP contribution in [0.25, 0.3) is 0 Å². The highest BCUT2D eigenvalue weighted by Gasteiger charge is 2.18. The highest BCUT2D eigenvalue weighted by atomic mass is 127. The average molecular weight is 343 g/mol. The van der Waals surface area contributed by atoms with E-state index in [2.05, 4.69) is 59.2 Å². The van der Waals surface area contributed by atoms with Gasteiger partial charge in [-0.1, -0.05) is 44.2 Å².